The molecule has 2 spiro atoms. The average molecular weight is 471 g/mol. The average Bonchev–Trinajstić information content (AvgIpc) is 3.33. The van der Waals surface area contributed by atoms with Crippen molar-refractivity contribution in [1.82, 2.24) is 0 Å². The fourth-order valence-corrected chi connectivity index (χ4v) is 11.3. The van der Waals surface area contributed by atoms with E-state index in [0.29, 0.717) is 28.1 Å². The largest absolute Gasteiger partial charge is 0.392 e. The van der Waals surface area contributed by atoms with Crippen LogP contribution in [0.15, 0.2) is 11.6 Å². The first-order chi connectivity index (χ1) is 15.6. The van der Waals surface area contributed by atoms with Gasteiger partial charge in [-0.25, -0.2) is 0 Å². The van der Waals surface area contributed by atoms with Crippen molar-refractivity contribution in [2.24, 2.45) is 50.2 Å². The highest BCUT2D eigenvalue weighted by Gasteiger charge is 2.81. The number of aliphatic hydroxyl groups is 2. The van der Waals surface area contributed by atoms with Crippen LogP contribution in [0.2, 0.25) is 0 Å². The molecule has 5 aliphatic carbocycles. The second-order valence-electron chi connectivity index (χ2n) is 15.9. The number of hydrogen-bond acceptors (Lipinski definition) is 3. The van der Waals surface area contributed by atoms with E-state index in [2.05, 4.69) is 61.5 Å². The molecule has 6 rings (SSSR count). The van der Waals surface area contributed by atoms with Crippen LogP contribution in [0.4, 0.5) is 0 Å². The van der Waals surface area contributed by atoms with Gasteiger partial charge in [0, 0.05) is 5.41 Å². The van der Waals surface area contributed by atoms with Crippen LogP contribution in [-0.4, -0.2) is 34.6 Å². The number of ether oxygens (including phenoxy) is 1. The van der Waals surface area contributed by atoms with E-state index >= 15 is 0 Å². The molecule has 11 atom stereocenters. The molecule has 5 fully saturated rings. The van der Waals surface area contributed by atoms with E-state index in [0.717, 1.165) is 25.2 Å². The molecule has 0 bridgehead atoms. The van der Waals surface area contributed by atoms with E-state index in [9.17, 15) is 10.2 Å². The van der Waals surface area contributed by atoms with Gasteiger partial charge in [0.25, 0.3) is 0 Å². The normalized spacial score (nSPS) is 56.2. The first-order valence-corrected chi connectivity index (χ1v) is 14.4. The minimum absolute atomic E-state index is 0.0386. The minimum Gasteiger partial charge on any atom is -0.392 e. The summed E-state index contributed by atoms with van der Waals surface area (Å²) in [5, 5.41) is 22.0. The van der Waals surface area contributed by atoms with Gasteiger partial charge >= 0.3 is 0 Å². The minimum atomic E-state index is -0.409. The fraction of sp³-hybridized carbons (Fsp3) is 0.935. The quantitative estimate of drug-likeness (QED) is 0.429. The molecule has 3 unspecified atom stereocenters. The summed E-state index contributed by atoms with van der Waals surface area (Å²) in [5.74, 6) is 1.91. The summed E-state index contributed by atoms with van der Waals surface area (Å²) in [6, 6.07) is 0. The van der Waals surface area contributed by atoms with E-state index in [-0.39, 0.29) is 34.6 Å². The van der Waals surface area contributed by atoms with E-state index < -0.39 is 6.10 Å². The summed E-state index contributed by atoms with van der Waals surface area (Å²) in [7, 11) is 0. The lowest BCUT2D eigenvalue weighted by atomic mass is 9.43. The molecular weight excluding hydrogens is 420 g/mol. The van der Waals surface area contributed by atoms with Crippen molar-refractivity contribution >= 4 is 0 Å². The SMILES string of the molecule is C[C@@H]1CC([C@H](O)C(C)(C)C)OC2C[C@@]3(C)[C@@H]4CC=C5C(C)(C)[C@@H](O)CC[C@@]56C[C@@]46CC[C@]3(C)C21. The van der Waals surface area contributed by atoms with Gasteiger partial charge in [-0.05, 0) is 96.2 Å². The maximum Gasteiger partial charge on any atom is 0.0850 e. The highest BCUT2D eigenvalue weighted by Crippen LogP contribution is 2.88. The van der Waals surface area contributed by atoms with Crippen LogP contribution in [0, 0.1) is 50.2 Å². The number of rotatable bonds is 1. The molecule has 0 radical (unpaired) electrons. The zero-order valence-electron chi connectivity index (χ0n) is 23.1. The van der Waals surface area contributed by atoms with Gasteiger partial charge in [0.05, 0.1) is 24.4 Å². The molecule has 0 amide bonds. The van der Waals surface area contributed by atoms with Crippen LogP contribution in [0.5, 0.6) is 0 Å². The fourth-order valence-electron chi connectivity index (χ4n) is 11.3. The first kappa shape index (κ1) is 24.0. The maximum atomic E-state index is 11.1. The third-order valence-electron chi connectivity index (χ3n) is 13.3. The highest BCUT2D eigenvalue weighted by atomic mass is 16.5. The standard InChI is InChI=1S/C31H50O3/c1-18-15-19(25(33)26(2,3)4)34-20-16-29(8)22-10-9-21-27(5,6)23(32)11-12-30(21)17-31(22,30)14-13-28(29,7)24(18)20/h9,18-20,22-25,32-33H,10-17H2,1-8H3/t18-,19?,20?,22+,23+,24?,25+,28-,29+,30-,31+/m1/s1. The Morgan fingerprint density at radius 2 is 1.76 bits per heavy atom. The Morgan fingerprint density at radius 1 is 1.06 bits per heavy atom. The van der Waals surface area contributed by atoms with Crippen LogP contribution in [0.3, 0.4) is 0 Å². The number of allylic oxidation sites excluding steroid dienone is 1. The predicted molar refractivity (Wildman–Crippen MR) is 136 cm³/mol. The molecule has 6 aliphatic rings. The third kappa shape index (κ3) is 2.61. The molecule has 3 nitrogen and oxygen atoms in total. The van der Waals surface area contributed by atoms with Crippen molar-refractivity contribution in [2.75, 3.05) is 0 Å². The highest BCUT2D eigenvalue weighted by molar-refractivity contribution is 5.44. The van der Waals surface area contributed by atoms with Crippen molar-refractivity contribution in [3.05, 3.63) is 11.6 Å². The van der Waals surface area contributed by atoms with Gasteiger partial charge in [0.1, 0.15) is 0 Å². The van der Waals surface area contributed by atoms with E-state index in [1.807, 2.05) is 0 Å². The predicted octanol–water partition coefficient (Wildman–Crippen LogP) is 6.52. The second-order valence-corrected chi connectivity index (χ2v) is 15.9. The summed E-state index contributed by atoms with van der Waals surface area (Å²) < 4.78 is 6.87. The van der Waals surface area contributed by atoms with Crippen LogP contribution >= 0.6 is 0 Å². The topological polar surface area (TPSA) is 49.7 Å². The van der Waals surface area contributed by atoms with E-state index in [4.69, 9.17) is 4.74 Å². The Bertz CT molecular complexity index is 914. The molecule has 4 saturated carbocycles. The Labute approximate surface area is 208 Å². The summed E-state index contributed by atoms with van der Waals surface area (Å²) >= 11 is 0. The molecule has 0 aromatic rings. The summed E-state index contributed by atoms with van der Waals surface area (Å²) in [5.41, 5.74) is 2.77. The zero-order valence-corrected chi connectivity index (χ0v) is 23.1. The van der Waals surface area contributed by atoms with Gasteiger partial charge in [-0.2, -0.15) is 0 Å². The Kier molecular flexibility index (Phi) is 4.75. The molecule has 1 heterocycles. The van der Waals surface area contributed by atoms with E-state index in [1.165, 1.54) is 32.1 Å². The van der Waals surface area contributed by atoms with Gasteiger partial charge in [-0.15, -0.1) is 0 Å². The number of fused-ring (bicyclic) bond motifs is 4. The molecular formula is C31H50O3. The third-order valence-corrected chi connectivity index (χ3v) is 13.3. The lowest BCUT2D eigenvalue weighted by Crippen LogP contribution is -2.55. The second kappa shape index (κ2) is 6.73. The van der Waals surface area contributed by atoms with Gasteiger partial charge in [0.2, 0.25) is 0 Å². The van der Waals surface area contributed by atoms with Gasteiger partial charge < -0.3 is 14.9 Å². The van der Waals surface area contributed by atoms with Gasteiger partial charge in [-0.1, -0.05) is 67.0 Å². The van der Waals surface area contributed by atoms with Crippen LogP contribution in [0.1, 0.15) is 107 Å². The molecule has 192 valence electrons. The number of aliphatic hydroxyl groups excluding tert-OH is 2. The van der Waals surface area contributed by atoms with Crippen molar-refractivity contribution in [3.8, 4) is 0 Å². The smallest absolute Gasteiger partial charge is 0.0850 e. The molecule has 1 aliphatic heterocycles. The Balaban J connectivity index is 1.35. The van der Waals surface area contributed by atoms with Crippen molar-refractivity contribution < 1.29 is 14.9 Å². The van der Waals surface area contributed by atoms with Crippen molar-refractivity contribution in [3.63, 3.8) is 0 Å². The molecule has 0 aromatic heterocycles. The first-order valence-electron chi connectivity index (χ1n) is 14.4. The Morgan fingerprint density at radius 3 is 2.44 bits per heavy atom. The van der Waals surface area contributed by atoms with E-state index in [1.54, 1.807) is 5.57 Å². The lowest BCUT2D eigenvalue weighted by Gasteiger charge is -2.61. The van der Waals surface area contributed by atoms with Crippen molar-refractivity contribution in [1.29, 1.82) is 0 Å². The molecule has 2 N–H and O–H groups in total. The molecule has 34 heavy (non-hydrogen) atoms. The number of hydrogen-bond donors (Lipinski definition) is 2. The maximum absolute atomic E-state index is 11.1. The van der Waals surface area contributed by atoms with Gasteiger partial charge in [-0.3, -0.25) is 0 Å². The summed E-state index contributed by atoms with van der Waals surface area (Å²) in [4.78, 5) is 0. The summed E-state index contributed by atoms with van der Waals surface area (Å²) in [6.07, 6.45) is 11.7. The van der Waals surface area contributed by atoms with Crippen LogP contribution in [-0.2, 0) is 4.74 Å². The zero-order chi connectivity index (χ0) is 24.7. The molecule has 0 aromatic carbocycles. The molecule has 3 heteroatoms. The lowest BCUT2D eigenvalue weighted by molar-refractivity contribution is -0.175. The van der Waals surface area contributed by atoms with Crippen LogP contribution < -0.4 is 0 Å². The molecule has 1 saturated heterocycles. The summed E-state index contributed by atoms with van der Waals surface area (Å²) in [6.45, 7) is 18.7. The van der Waals surface area contributed by atoms with Gasteiger partial charge in [0.15, 0.2) is 0 Å². The van der Waals surface area contributed by atoms with Crippen LogP contribution in [0.25, 0.3) is 0 Å². The van der Waals surface area contributed by atoms with Crippen molar-refractivity contribution in [2.45, 2.75) is 131 Å². The Hall–Kier alpha value is -0.380. The monoisotopic (exact) mass is 470 g/mol.